The molecule has 1 aliphatic heterocycles. The van der Waals surface area contributed by atoms with Gasteiger partial charge in [-0.25, -0.2) is 4.79 Å². The second-order valence-electron chi connectivity index (χ2n) is 8.71. The number of amides is 4. The van der Waals surface area contributed by atoms with E-state index in [1.165, 1.54) is 22.9 Å². The van der Waals surface area contributed by atoms with Crippen molar-refractivity contribution in [2.24, 2.45) is 0 Å². The fraction of sp³-hybridized carbons (Fsp3) is 0.560. The Morgan fingerprint density at radius 2 is 1.80 bits per heavy atom. The van der Waals surface area contributed by atoms with Crippen LogP contribution < -0.4 is 10.6 Å². The van der Waals surface area contributed by atoms with Crippen LogP contribution in [0.3, 0.4) is 0 Å². The molecule has 0 aromatic heterocycles. The van der Waals surface area contributed by atoms with Crippen LogP contribution in [0.5, 0.6) is 0 Å². The van der Waals surface area contributed by atoms with E-state index in [4.69, 9.17) is 0 Å². The summed E-state index contributed by atoms with van der Waals surface area (Å²) in [5.41, 5.74) is 2.41. The lowest BCUT2D eigenvalue weighted by Gasteiger charge is -2.17. The van der Waals surface area contributed by atoms with Gasteiger partial charge in [-0.2, -0.15) is 11.8 Å². The topological polar surface area (TPSA) is 133 Å². The average molecular weight is 506 g/mol. The fourth-order valence-corrected chi connectivity index (χ4v) is 4.44. The number of hydrogen-bond donors (Lipinski definition) is 3. The van der Waals surface area contributed by atoms with Crippen molar-refractivity contribution >= 4 is 41.4 Å². The van der Waals surface area contributed by atoms with Crippen molar-refractivity contribution in [1.29, 1.82) is 0 Å². The number of likely N-dealkylation sites (tertiary alicyclic amines) is 1. The van der Waals surface area contributed by atoms with Crippen LogP contribution in [0.15, 0.2) is 24.3 Å². The first-order valence-electron chi connectivity index (χ1n) is 11.9. The molecule has 4 amide bonds. The average Bonchev–Trinajstić information content (AvgIpc) is 3.10. The molecule has 0 saturated carbocycles. The molecule has 0 aliphatic carbocycles. The first kappa shape index (κ1) is 28.4. The summed E-state index contributed by atoms with van der Waals surface area (Å²) in [5, 5.41) is 14.3. The number of benzene rings is 1. The van der Waals surface area contributed by atoms with E-state index < -0.39 is 23.2 Å². The number of hydrogen-bond acceptors (Lipinski definition) is 6. The van der Waals surface area contributed by atoms with Gasteiger partial charge in [0.15, 0.2) is 0 Å². The number of carboxylic acid groups (broad SMARTS) is 1. The largest absolute Gasteiger partial charge is 0.480 e. The molecule has 1 aliphatic rings. The summed E-state index contributed by atoms with van der Waals surface area (Å²) in [6.45, 7) is 2.43. The maximum atomic E-state index is 12.2. The monoisotopic (exact) mass is 505 g/mol. The van der Waals surface area contributed by atoms with Crippen LogP contribution in [0.4, 0.5) is 0 Å². The standard InChI is InChI=1S/C25H35N3O6S/c1-17-9-11-18(12-10-17)6-5-8-21(29)26-14-4-3-7-19(25(33)34)27-22(30)13-15-28-23(31)16-20(35-2)24(28)32/h9-12,19-20H,3-8,13-16H2,1-2H3,(H,26,29)(H,27,30)(H,33,34). The number of rotatable bonds is 15. The zero-order valence-electron chi connectivity index (χ0n) is 20.4. The first-order chi connectivity index (χ1) is 16.7. The number of carboxylic acids is 1. The van der Waals surface area contributed by atoms with Gasteiger partial charge >= 0.3 is 5.97 Å². The molecule has 9 nitrogen and oxygen atoms in total. The second kappa shape index (κ2) is 14.5. The first-order valence-corrected chi connectivity index (χ1v) is 13.2. The van der Waals surface area contributed by atoms with Crippen LogP contribution in [0.2, 0.25) is 0 Å². The Hall–Kier alpha value is -2.88. The van der Waals surface area contributed by atoms with Crippen molar-refractivity contribution in [1.82, 2.24) is 15.5 Å². The Morgan fingerprint density at radius 3 is 2.43 bits per heavy atom. The van der Waals surface area contributed by atoms with Crippen LogP contribution >= 0.6 is 11.8 Å². The van der Waals surface area contributed by atoms with E-state index in [9.17, 15) is 29.1 Å². The van der Waals surface area contributed by atoms with Gasteiger partial charge < -0.3 is 15.7 Å². The summed E-state index contributed by atoms with van der Waals surface area (Å²) in [6, 6.07) is 7.18. The molecule has 192 valence electrons. The lowest BCUT2D eigenvalue weighted by atomic mass is 10.1. The molecule has 3 N–H and O–H groups in total. The third kappa shape index (κ3) is 9.71. The van der Waals surface area contributed by atoms with Crippen molar-refractivity contribution in [2.45, 2.75) is 69.6 Å². The van der Waals surface area contributed by atoms with E-state index in [1.807, 2.05) is 6.92 Å². The van der Waals surface area contributed by atoms with Crippen molar-refractivity contribution in [3.8, 4) is 0 Å². The van der Waals surface area contributed by atoms with Crippen LogP contribution in [-0.2, 0) is 30.4 Å². The molecule has 1 saturated heterocycles. The minimum atomic E-state index is -1.14. The van der Waals surface area contributed by atoms with Gasteiger partial charge in [-0.05, 0) is 50.8 Å². The molecule has 1 heterocycles. The molecule has 2 atom stereocenters. The summed E-state index contributed by atoms with van der Waals surface area (Å²) < 4.78 is 0. The molecular weight excluding hydrogens is 470 g/mol. The van der Waals surface area contributed by atoms with Crippen molar-refractivity contribution < 1.29 is 29.1 Å². The highest BCUT2D eigenvalue weighted by atomic mass is 32.2. The van der Waals surface area contributed by atoms with Crippen molar-refractivity contribution in [2.75, 3.05) is 19.3 Å². The van der Waals surface area contributed by atoms with Crippen molar-refractivity contribution in [3.63, 3.8) is 0 Å². The minimum absolute atomic E-state index is 0.0325. The Bertz CT molecular complexity index is 905. The summed E-state index contributed by atoms with van der Waals surface area (Å²) in [5.74, 6) is -2.31. The Kier molecular flexibility index (Phi) is 11.8. The molecule has 0 radical (unpaired) electrons. The third-order valence-electron chi connectivity index (χ3n) is 5.91. The molecule has 1 aromatic rings. The lowest BCUT2D eigenvalue weighted by Crippen LogP contribution is -2.42. The van der Waals surface area contributed by atoms with Gasteiger partial charge in [0.1, 0.15) is 6.04 Å². The zero-order valence-corrected chi connectivity index (χ0v) is 21.2. The normalized spacial score (nSPS) is 16.3. The highest BCUT2D eigenvalue weighted by Crippen LogP contribution is 2.23. The number of nitrogens with zero attached hydrogens (tertiary/aromatic N) is 1. The van der Waals surface area contributed by atoms with Gasteiger partial charge in [0, 0.05) is 32.4 Å². The Morgan fingerprint density at radius 1 is 1.09 bits per heavy atom. The molecule has 0 spiro atoms. The predicted octanol–water partition coefficient (Wildman–Crippen LogP) is 2.05. The van der Waals surface area contributed by atoms with E-state index in [0.29, 0.717) is 25.8 Å². The summed E-state index contributed by atoms with van der Waals surface area (Å²) in [7, 11) is 0. The lowest BCUT2D eigenvalue weighted by molar-refractivity contribution is -0.143. The number of aliphatic carboxylic acids is 1. The molecule has 2 unspecified atom stereocenters. The van der Waals surface area contributed by atoms with E-state index >= 15 is 0 Å². The maximum Gasteiger partial charge on any atom is 0.326 e. The number of imide groups is 1. The zero-order chi connectivity index (χ0) is 25.8. The number of carbonyl (C=O) groups excluding carboxylic acids is 4. The summed E-state index contributed by atoms with van der Waals surface area (Å²) in [4.78, 5) is 60.8. The molecular formula is C25H35N3O6S. The van der Waals surface area contributed by atoms with Gasteiger partial charge in [0.2, 0.25) is 23.6 Å². The van der Waals surface area contributed by atoms with Gasteiger partial charge in [-0.15, -0.1) is 0 Å². The number of carbonyl (C=O) groups is 5. The fourth-order valence-electron chi connectivity index (χ4n) is 3.81. The molecule has 2 rings (SSSR count). The second-order valence-corrected chi connectivity index (χ2v) is 9.75. The molecule has 35 heavy (non-hydrogen) atoms. The van der Waals surface area contributed by atoms with Gasteiger partial charge in [0.25, 0.3) is 0 Å². The Labute approximate surface area is 210 Å². The van der Waals surface area contributed by atoms with Crippen LogP contribution in [0.25, 0.3) is 0 Å². The molecule has 1 aromatic carbocycles. The maximum absolute atomic E-state index is 12.2. The molecule has 1 fully saturated rings. The van der Waals surface area contributed by atoms with E-state index in [-0.39, 0.29) is 43.5 Å². The summed E-state index contributed by atoms with van der Waals surface area (Å²) in [6.07, 6.45) is 5.10. The van der Waals surface area contributed by atoms with Crippen LogP contribution in [0, 0.1) is 6.92 Å². The van der Waals surface area contributed by atoms with Crippen LogP contribution in [0.1, 0.15) is 56.1 Å². The summed E-state index contributed by atoms with van der Waals surface area (Å²) >= 11 is 1.30. The van der Waals surface area contributed by atoms with Gasteiger partial charge in [-0.1, -0.05) is 29.8 Å². The van der Waals surface area contributed by atoms with Crippen LogP contribution in [-0.4, -0.2) is 70.2 Å². The number of thioether (sulfide) groups is 1. The quantitative estimate of drug-likeness (QED) is 0.245. The van der Waals surface area contributed by atoms with E-state index in [1.54, 1.807) is 6.26 Å². The predicted molar refractivity (Wildman–Crippen MR) is 134 cm³/mol. The highest BCUT2D eigenvalue weighted by Gasteiger charge is 2.37. The van der Waals surface area contributed by atoms with E-state index in [0.717, 1.165) is 17.7 Å². The Balaban J connectivity index is 1.60. The van der Waals surface area contributed by atoms with E-state index in [2.05, 4.69) is 34.9 Å². The van der Waals surface area contributed by atoms with Gasteiger partial charge in [-0.3, -0.25) is 24.1 Å². The highest BCUT2D eigenvalue weighted by molar-refractivity contribution is 8.00. The van der Waals surface area contributed by atoms with Crippen molar-refractivity contribution in [3.05, 3.63) is 35.4 Å². The molecule has 0 bridgehead atoms. The number of unbranched alkanes of at least 4 members (excludes halogenated alkanes) is 1. The SMILES string of the molecule is CSC1CC(=O)N(CCC(=O)NC(CCCCNC(=O)CCCc2ccc(C)cc2)C(=O)O)C1=O. The third-order valence-corrected chi connectivity index (χ3v) is 6.85. The minimum Gasteiger partial charge on any atom is -0.480 e. The smallest absolute Gasteiger partial charge is 0.326 e. The van der Waals surface area contributed by atoms with Gasteiger partial charge in [0.05, 0.1) is 5.25 Å². The number of nitrogens with one attached hydrogen (secondary N) is 2. The molecule has 10 heteroatoms. The number of aryl methyl sites for hydroxylation is 2.